The highest BCUT2D eigenvalue weighted by atomic mass is 19.1. The minimum Gasteiger partial charge on any atom is -0.478 e. The fraction of sp³-hybridized carbons (Fsp3) is 0.400. The third-order valence-electron chi connectivity index (χ3n) is 11.9. The molecule has 0 aromatic heterocycles. The summed E-state index contributed by atoms with van der Waals surface area (Å²) in [7, 11) is 0. The maximum Gasteiger partial charge on any atom is 0.335 e. The molecule has 7 heteroatoms. The molecule has 1 amide bonds. The van der Waals surface area contributed by atoms with E-state index in [2.05, 4.69) is 29.0 Å². The molecule has 0 unspecified atom stereocenters. The number of nitrogens with two attached hydrogens (primary N) is 1. The molecule has 0 bridgehead atoms. The van der Waals surface area contributed by atoms with Gasteiger partial charge in [0.15, 0.2) is 0 Å². The number of benzene rings is 4. The van der Waals surface area contributed by atoms with Crippen molar-refractivity contribution in [3.05, 3.63) is 142 Å². The van der Waals surface area contributed by atoms with E-state index in [9.17, 15) is 18.4 Å². The molecule has 4 aliphatic rings. The van der Waals surface area contributed by atoms with Gasteiger partial charge in [0, 0.05) is 23.2 Å². The van der Waals surface area contributed by atoms with Crippen LogP contribution in [0.1, 0.15) is 133 Å². The lowest BCUT2D eigenvalue weighted by molar-refractivity contribution is 0.0696. The largest absolute Gasteiger partial charge is 0.478 e. The molecule has 5 nitrogen and oxygen atoms in total. The molecule has 4 aliphatic carbocycles. The van der Waals surface area contributed by atoms with Crippen molar-refractivity contribution in [1.29, 1.82) is 0 Å². The quantitative estimate of drug-likeness (QED) is 0.148. The molecule has 57 heavy (non-hydrogen) atoms. The molecule has 296 valence electrons. The van der Waals surface area contributed by atoms with Gasteiger partial charge in [-0.2, -0.15) is 0 Å². The lowest BCUT2D eigenvalue weighted by atomic mass is 9.80. The van der Waals surface area contributed by atoms with Gasteiger partial charge in [0.1, 0.15) is 11.6 Å². The second-order valence-corrected chi connectivity index (χ2v) is 16.5. The van der Waals surface area contributed by atoms with Crippen LogP contribution >= 0.6 is 0 Å². The van der Waals surface area contributed by atoms with E-state index in [1.54, 1.807) is 60.7 Å². The molecule has 4 aromatic carbocycles. The van der Waals surface area contributed by atoms with E-state index in [4.69, 9.17) is 10.8 Å². The summed E-state index contributed by atoms with van der Waals surface area (Å²) in [6, 6.07) is 26.1. The Balaban J connectivity index is 0.000000161. The number of nitrogens with one attached hydrogen (secondary N) is 1. The van der Waals surface area contributed by atoms with Crippen LogP contribution in [0, 0.1) is 58.0 Å². The van der Waals surface area contributed by atoms with Crippen LogP contribution in [0.5, 0.6) is 0 Å². The Bertz CT molecular complexity index is 2090. The highest BCUT2D eigenvalue weighted by Gasteiger charge is 2.39. The lowest BCUT2D eigenvalue weighted by Gasteiger charge is -2.29. The van der Waals surface area contributed by atoms with Crippen molar-refractivity contribution < 1.29 is 23.5 Å². The molecular formula is C50H54F2N2O3. The van der Waals surface area contributed by atoms with E-state index in [0.29, 0.717) is 33.1 Å². The van der Waals surface area contributed by atoms with Crippen LogP contribution in [0.3, 0.4) is 0 Å². The Morgan fingerprint density at radius 3 is 1.46 bits per heavy atom. The van der Waals surface area contributed by atoms with E-state index in [0.717, 1.165) is 30.5 Å². The first-order valence-corrected chi connectivity index (χ1v) is 20.6. The molecule has 0 atom stereocenters. The fourth-order valence-corrected chi connectivity index (χ4v) is 8.24. The number of hydrogen-bond donors (Lipinski definition) is 3. The molecule has 0 radical (unpaired) electrons. The van der Waals surface area contributed by atoms with Crippen molar-refractivity contribution >= 4 is 11.9 Å². The Hall–Kier alpha value is -5.24. The van der Waals surface area contributed by atoms with E-state index in [1.165, 1.54) is 114 Å². The minimum absolute atomic E-state index is 0.0179. The number of hydrogen-bond acceptors (Lipinski definition) is 3. The normalized spacial score (nSPS) is 17.2. The maximum absolute atomic E-state index is 13.6. The second kappa shape index (κ2) is 19.8. The first kappa shape index (κ1) is 41.4. The van der Waals surface area contributed by atoms with Gasteiger partial charge < -0.3 is 16.2 Å². The van der Waals surface area contributed by atoms with Crippen molar-refractivity contribution in [2.24, 2.45) is 28.4 Å². The molecule has 8 rings (SSSR count). The van der Waals surface area contributed by atoms with Gasteiger partial charge in [-0.05, 0) is 141 Å². The third kappa shape index (κ3) is 12.6. The zero-order valence-electron chi connectivity index (χ0n) is 32.8. The maximum atomic E-state index is 13.6. The summed E-state index contributed by atoms with van der Waals surface area (Å²) >= 11 is 0. The van der Waals surface area contributed by atoms with Crippen molar-refractivity contribution in [3.63, 3.8) is 0 Å². The van der Waals surface area contributed by atoms with Gasteiger partial charge >= 0.3 is 5.97 Å². The Morgan fingerprint density at radius 2 is 1.04 bits per heavy atom. The van der Waals surface area contributed by atoms with E-state index >= 15 is 0 Å². The summed E-state index contributed by atoms with van der Waals surface area (Å²) in [5.41, 5.74) is 9.72. The number of carbonyl (C=O) groups is 2. The van der Waals surface area contributed by atoms with Crippen LogP contribution in [0.15, 0.2) is 97.1 Å². The molecule has 0 aliphatic heterocycles. The van der Waals surface area contributed by atoms with Crippen LogP contribution in [0.25, 0.3) is 0 Å². The van der Waals surface area contributed by atoms with Gasteiger partial charge in [0.25, 0.3) is 5.91 Å². The predicted molar refractivity (Wildman–Crippen MR) is 222 cm³/mol. The summed E-state index contributed by atoms with van der Waals surface area (Å²) in [5, 5.41) is 11.9. The molecule has 4 aromatic rings. The monoisotopic (exact) mass is 768 g/mol. The topological polar surface area (TPSA) is 92.4 Å². The Kier molecular flexibility index (Phi) is 14.3. The summed E-state index contributed by atoms with van der Waals surface area (Å²) in [5.74, 6) is 11.6. The fourth-order valence-electron chi connectivity index (χ4n) is 8.24. The Morgan fingerprint density at radius 1 is 0.614 bits per heavy atom. The summed E-state index contributed by atoms with van der Waals surface area (Å²) in [4.78, 5) is 23.2. The molecule has 0 saturated heterocycles. The zero-order chi connectivity index (χ0) is 40.1. The standard InChI is InChI=1S/C25H26FNO.C15H9FO2.C10H19N/c26-23-6-2-1-5-21(23)12-9-19-10-13-22(14-11-19)24(28)27-18-25(15-3-4-16-25)17-20-7-8-20;16-14-4-2-1-3-12(14)8-5-11-6-9-13(10-7-11)15(17)18;11-8-10(5-1-2-6-10)7-9-3-4-9/h1-2,5-6,10-11,13-14,20H,3-4,7-8,15-18H2,(H,27,28);1-4,6-7,9-10H,(H,17,18);9H,1-8,11H2. The summed E-state index contributed by atoms with van der Waals surface area (Å²) < 4.78 is 26.9. The van der Waals surface area contributed by atoms with E-state index < -0.39 is 5.97 Å². The number of carbonyl (C=O) groups excluding carboxylic acids is 1. The van der Waals surface area contributed by atoms with Crippen molar-refractivity contribution in [2.75, 3.05) is 13.1 Å². The number of carboxylic acids is 1. The average Bonchev–Trinajstić information content (AvgIpc) is 4.13. The van der Waals surface area contributed by atoms with Gasteiger partial charge in [0.05, 0.1) is 16.7 Å². The molecule has 0 heterocycles. The van der Waals surface area contributed by atoms with E-state index in [-0.39, 0.29) is 23.1 Å². The van der Waals surface area contributed by atoms with Crippen molar-refractivity contribution in [1.82, 2.24) is 5.32 Å². The first-order valence-electron chi connectivity index (χ1n) is 20.6. The highest BCUT2D eigenvalue weighted by Crippen LogP contribution is 2.49. The second-order valence-electron chi connectivity index (χ2n) is 16.5. The van der Waals surface area contributed by atoms with Gasteiger partial charge in [0.2, 0.25) is 0 Å². The van der Waals surface area contributed by atoms with Crippen LogP contribution in [-0.2, 0) is 0 Å². The van der Waals surface area contributed by atoms with Gasteiger partial charge in [-0.25, -0.2) is 13.6 Å². The Labute approximate surface area is 336 Å². The first-order chi connectivity index (χ1) is 27.6. The van der Waals surface area contributed by atoms with Crippen molar-refractivity contribution in [2.45, 2.75) is 89.9 Å². The smallest absolute Gasteiger partial charge is 0.335 e. The van der Waals surface area contributed by atoms with E-state index in [1.807, 2.05) is 12.1 Å². The summed E-state index contributed by atoms with van der Waals surface area (Å²) in [6.07, 6.45) is 19.2. The van der Waals surface area contributed by atoms with Crippen LogP contribution in [-0.4, -0.2) is 30.1 Å². The van der Waals surface area contributed by atoms with Crippen LogP contribution in [0.4, 0.5) is 8.78 Å². The van der Waals surface area contributed by atoms with Gasteiger partial charge in [-0.15, -0.1) is 0 Å². The molecule has 4 N–H and O–H groups in total. The zero-order valence-corrected chi connectivity index (χ0v) is 32.8. The minimum atomic E-state index is -0.983. The molecular weight excluding hydrogens is 715 g/mol. The number of amides is 1. The average molecular weight is 769 g/mol. The molecule has 4 fully saturated rings. The van der Waals surface area contributed by atoms with Crippen LogP contribution < -0.4 is 11.1 Å². The van der Waals surface area contributed by atoms with Crippen LogP contribution in [0.2, 0.25) is 0 Å². The number of aromatic carboxylic acids is 1. The lowest BCUT2D eigenvalue weighted by Crippen LogP contribution is -2.36. The predicted octanol–water partition coefficient (Wildman–Crippen LogP) is 10.5. The SMILES string of the molecule is NCC1(CC2CC2)CCCC1.O=C(NCC1(CC2CC2)CCCC1)c1ccc(C#Cc2ccccc2F)cc1.O=C(O)c1ccc(C#Cc2ccccc2F)cc1. The number of halogens is 2. The van der Waals surface area contributed by atoms with Gasteiger partial charge in [-0.3, -0.25) is 4.79 Å². The molecule has 4 saturated carbocycles. The summed E-state index contributed by atoms with van der Waals surface area (Å²) in [6.45, 7) is 1.74. The van der Waals surface area contributed by atoms with Crippen molar-refractivity contribution in [3.8, 4) is 23.7 Å². The molecule has 0 spiro atoms. The van der Waals surface area contributed by atoms with Gasteiger partial charge in [-0.1, -0.05) is 99.3 Å². The number of rotatable bonds is 9. The third-order valence-corrected chi connectivity index (χ3v) is 11.9. The highest BCUT2D eigenvalue weighted by molar-refractivity contribution is 5.94. The number of carboxylic acid groups (broad SMARTS) is 1.